The van der Waals surface area contributed by atoms with Crippen LogP contribution in [0.2, 0.25) is 5.02 Å². The normalized spacial score (nSPS) is 12.3. The van der Waals surface area contributed by atoms with E-state index in [2.05, 4.69) is 5.32 Å². The van der Waals surface area contributed by atoms with Gasteiger partial charge in [-0.1, -0.05) is 41.9 Å². The summed E-state index contributed by atoms with van der Waals surface area (Å²) in [6.07, 6.45) is 0. The van der Waals surface area contributed by atoms with Gasteiger partial charge in [-0.3, -0.25) is 0 Å². The van der Waals surface area contributed by atoms with Gasteiger partial charge < -0.3 is 24.3 Å². The number of fused-ring (bicyclic) bond motifs is 1. The molecule has 0 aromatic heterocycles. The summed E-state index contributed by atoms with van der Waals surface area (Å²) in [4.78, 5) is 0. The van der Waals surface area contributed by atoms with Gasteiger partial charge in [0.1, 0.15) is 19.8 Å². The Morgan fingerprint density at radius 1 is 0.931 bits per heavy atom. The molecule has 1 heterocycles. The molecule has 1 aliphatic rings. The van der Waals surface area contributed by atoms with Crippen LogP contribution in [0.25, 0.3) is 0 Å². The summed E-state index contributed by atoms with van der Waals surface area (Å²) in [6.45, 7) is 2.06. The van der Waals surface area contributed by atoms with Gasteiger partial charge in [0.05, 0.1) is 7.11 Å². The lowest BCUT2D eigenvalue weighted by Crippen LogP contribution is -2.15. The first kappa shape index (κ1) is 19.3. The minimum absolute atomic E-state index is 0.358. The van der Waals surface area contributed by atoms with Gasteiger partial charge in [0.25, 0.3) is 0 Å². The Balaban J connectivity index is 1.50. The summed E-state index contributed by atoms with van der Waals surface area (Å²) in [6, 6.07) is 19.3. The molecule has 3 aromatic carbocycles. The number of ether oxygens (including phenoxy) is 4. The van der Waals surface area contributed by atoms with Crippen LogP contribution in [0, 0.1) is 0 Å². The Morgan fingerprint density at radius 2 is 1.72 bits per heavy atom. The Labute approximate surface area is 175 Å². The fourth-order valence-corrected chi connectivity index (χ4v) is 3.33. The van der Waals surface area contributed by atoms with Crippen molar-refractivity contribution in [3.05, 3.63) is 76.8 Å². The number of para-hydroxylation sites is 1. The number of rotatable bonds is 7. The molecular formula is C23H22ClNO4. The second kappa shape index (κ2) is 8.97. The Morgan fingerprint density at radius 3 is 2.55 bits per heavy atom. The van der Waals surface area contributed by atoms with Crippen molar-refractivity contribution in [2.24, 2.45) is 0 Å². The lowest BCUT2D eigenvalue weighted by Gasteiger charge is -2.20. The zero-order valence-electron chi connectivity index (χ0n) is 16.1. The molecule has 1 aliphatic heterocycles. The maximum absolute atomic E-state index is 6.26. The largest absolute Gasteiger partial charge is 0.493 e. The van der Waals surface area contributed by atoms with Crippen molar-refractivity contribution in [3.63, 3.8) is 0 Å². The zero-order chi connectivity index (χ0) is 20.1. The summed E-state index contributed by atoms with van der Waals surface area (Å²) in [5, 5.41) is 4.09. The molecule has 0 fully saturated rings. The third kappa shape index (κ3) is 4.51. The van der Waals surface area contributed by atoms with E-state index in [-0.39, 0.29) is 0 Å². The van der Waals surface area contributed by atoms with Crippen LogP contribution in [0.5, 0.6) is 23.0 Å². The first-order valence-corrected chi connectivity index (χ1v) is 9.78. The van der Waals surface area contributed by atoms with Crippen LogP contribution in [0.3, 0.4) is 0 Å². The SMILES string of the molecule is COc1cccc(CNc2ccc3c(c2)OCCO3)c1OCc1ccccc1Cl. The molecule has 6 heteroatoms. The fraction of sp³-hybridized carbons (Fsp3) is 0.217. The van der Waals surface area contributed by atoms with Crippen LogP contribution < -0.4 is 24.3 Å². The van der Waals surface area contributed by atoms with Crippen LogP contribution in [0.4, 0.5) is 5.69 Å². The smallest absolute Gasteiger partial charge is 0.166 e. The second-order valence-corrected chi connectivity index (χ2v) is 6.95. The Hall–Kier alpha value is -3.05. The molecule has 0 aliphatic carbocycles. The van der Waals surface area contributed by atoms with E-state index in [0.29, 0.717) is 42.9 Å². The number of methoxy groups -OCH3 is 1. The summed E-state index contributed by atoms with van der Waals surface area (Å²) in [7, 11) is 1.63. The minimum atomic E-state index is 0.358. The van der Waals surface area contributed by atoms with Crippen molar-refractivity contribution in [3.8, 4) is 23.0 Å². The number of halogens is 1. The van der Waals surface area contributed by atoms with Gasteiger partial charge in [0, 0.05) is 34.4 Å². The van der Waals surface area contributed by atoms with Crippen molar-refractivity contribution in [2.75, 3.05) is 25.6 Å². The molecule has 0 bridgehead atoms. The number of benzene rings is 3. The van der Waals surface area contributed by atoms with E-state index in [9.17, 15) is 0 Å². The average Bonchev–Trinajstić information content (AvgIpc) is 2.77. The van der Waals surface area contributed by atoms with E-state index in [1.54, 1.807) is 7.11 Å². The number of nitrogens with one attached hydrogen (secondary N) is 1. The highest BCUT2D eigenvalue weighted by Crippen LogP contribution is 2.35. The summed E-state index contributed by atoms with van der Waals surface area (Å²) in [5.41, 5.74) is 2.84. The molecule has 29 heavy (non-hydrogen) atoms. The standard InChI is InChI=1S/C23H22ClNO4/c1-26-21-8-4-6-16(23(21)29-15-17-5-2-3-7-19(17)24)14-25-18-9-10-20-22(13-18)28-12-11-27-20/h2-10,13,25H,11-12,14-15H2,1H3. The third-order valence-corrected chi connectivity index (χ3v) is 5.00. The van der Waals surface area contributed by atoms with Crippen LogP contribution in [-0.2, 0) is 13.2 Å². The van der Waals surface area contributed by atoms with Crippen molar-refractivity contribution in [1.82, 2.24) is 0 Å². The van der Waals surface area contributed by atoms with E-state index in [1.165, 1.54) is 0 Å². The van der Waals surface area contributed by atoms with E-state index in [0.717, 1.165) is 28.3 Å². The quantitative estimate of drug-likeness (QED) is 0.570. The van der Waals surface area contributed by atoms with Crippen molar-refractivity contribution in [1.29, 1.82) is 0 Å². The first-order chi connectivity index (χ1) is 14.2. The molecule has 0 radical (unpaired) electrons. The highest BCUT2D eigenvalue weighted by Gasteiger charge is 2.14. The summed E-state index contributed by atoms with van der Waals surface area (Å²) in [5.74, 6) is 2.90. The number of hydrogen-bond donors (Lipinski definition) is 1. The fourth-order valence-electron chi connectivity index (χ4n) is 3.14. The number of hydrogen-bond acceptors (Lipinski definition) is 5. The van der Waals surface area contributed by atoms with Crippen LogP contribution in [0.15, 0.2) is 60.7 Å². The van der Waals surface area contributed by atoms with Crippen LogP contribution >= 0.6 is 11.6 Å². The van der Waals surface area contributed by atoms with E-state index >= 15 is 0 Å². The molecule has 150 valence electrons. The molecular weight excluding hydrogens is 390 g/mol. The molecule has 0 saturated carbocycles. The van der Waals surface area contributed by atoms with Crippen LogP contribution in [0.1, 0.15) is 11.1 Å². The van der Waals surface area contributed by atoms with Gasteiger partial charge >= 0.3 is 0 Å². The monoisotopic (exact) mass is 411 g/mol. The molecule has 0 saturated heterocycles. The van der Waals surface area contributed by atoms with E-state index in [4.69, 9.17) is 30.5 Å². The molecule has 5 nitrogen and oxygen atoms in total. The van der Waals surface area contributed by atoms with Crippen molar-refractivity contribution < 1.29 is 18.9 Å². The third-order valence-electron chi connectivity index (χ3n) is 4.64. The lowest BCUT2D eigenvalue weighted by molar-refractivity contribution is 0.171. The highest BCUT2D eigenvalue weighted by atomic mass is 35.5. The molecule has 1 N–H and O–H groups in total. The molecule has 0 unspecified atom stereocenters. The molecule has 0 atom stereocenters. The average molecular weight is 412 g/mol. The van der Waals surface area contributed by atoms with E-state index < -0.39 is 0 Å². The lowest BCUT2D eigenvalue weighted by atomic mass is 10.1. The van der Waals surface area contributed by atoms with Gasteiger partial charge in [0.2, 0.25) is 0 Å². The van der Waals surface area contributed by atoms with Gasteiger partial charge in [-0.2, -0.15) is 0 Å². The van der Waals surface area contributed by atoms with Crippen molar-refractivity contribution >= 4 is 17.3 Å². The topological polar surface area (TPSA) is 49.0 Å². The summed E-state index contributed by atoms with van der Waals surface area (Å²) < 4.78 is 22.8. The minimum Gasteiger partial charge on any atom is -0.493 e. The van der Waals surface area contributed by atoms with Crippen LogP contribution in [-0.4, -0.2) is 20.3 Å². The van der Waals surface area contributed by atoms with Crippen molar-refractivity contribution in [2.45, 2.75) is 13.2 Å². The predicted molar refractivity (Wildman–Crippen MR) is 114 cm³/mol. The molecule has 3 aromatic rings. The maximum atomic E-state index is 6.26. The van der Waals surface area contributed by atoms with Gasteiger partial charge in [-0.15, -0.1) is 0 Å². The van der Waals surface area contributed by atoms with Gasteiger partial charge in [0.15, 0.2) is 23.0 Å². The predicted octanol–water partition coefficient (Wildman–Crippen LogP) is 5.31. The molecule has 0 spiro atoms. The van der Waals surface area contributed by atoms with E-state index in [1.807, 2.05) is 60.7 Å². The molecule has 4 rings (SSSR count). The van der Waals surface area contributed by atoms with Gasteiger partial charge in [-0.05, 0) is 24.3 Å². The second-order valence-electron chi connectivity index (χ2n) is 6.54. The number of anilines is 1. The highest BCUT2D eigenvalue weighted by molar-refractivity contribution is 6.31. The van der Waals surface area contributed by atoms with Gasteiger partial charge in [-0.25, -0.2) is 0 Å². The maximum Gasteiger partial charge on any atom is 0.166 e. The Kier molecular flexibility index (Phi) is 5.96. The summed E-state index contributed by atoms with van der Waals surface area (Å²) >= 11 is 6.26. The molecule has 0 amide bonds. The first-order valence-electron chi connectivity index (χ1n) is 9.40. The zero-order valence-corrected chi connectivity index (χ0v) is 16.9. The Bertz CT molecular complexity index is 992.